The summed E-state index contributed by atoms with van der Waals surface area (Å²) in [5.74, 6) is -1.15. The molecule has 0 aliphatic rings. The first-order valence-corrected chi connectivity index (χ1v) is 9.42. The van der Waals surface area contributed by atoms with Crippen molar-refractivity contribution < 1.29 is 9.18 Å². The van der Waals surface area contributed by atoms with Crippen LogP contribution in [0.5, 0.6) is 0 Å². The minimum atomic E-state index is -0.920. The van der Waals surface area contributed by atoms with E-state index in [1.807, 2.05) is 32.0 Å². The zero-order chi connectivity index (χ0) is 18.8. The zero-order valence-corrected chi connectivity index (χ0v) is 16.5. The lowest BCUT2D eigenvalue weighted by Crippen LogP contribution is -2.20. The van der Waals surface area contributed by atoms with Crippen molar-refractivity contribution in [1.82, 2.24) is 14.8 Å². The van der Waals surface area contributed by atoms with Gasteiger partial charge in [0.05, 0.1) is 5.69 Å². The van der Waals surface area contributed by atoms with Gasteiger partial charge >= 0.3 is 0 Å². The third kappa shape index (κ3) is 3.81. The normalized spacial score (nSPS) is 12.2. The number of aromatic nitrogens is 3. The van der Waals surface area contributed by atoms with Crippen LogP contribution in [0.15, 0.2) is 52.4 Å². The van der Waals surface area contributed by atoms with Crippen LogP contribution in [0.1, 0.15) is 21.9 Å². The van der Waals surface area contributed by atoms with E-state index < -0.39 is 17.0 Å². The molecule has 1 aromatic heterocycles. The molecule has 1 atom stereocenters. The number of benzene rings is 2. The second-order valence-electron chi connectivity index (χ2n) is 5.84. The molecule has 3 rings (SSSR count). The number of carbonyl (C=O) groups is 1. The Hall–Kier alpha value is -2.19. The number of nitrogens with two attached hydrogens (primary N) is 1. The molecule has 0 aliphatic carbocycles. The number of halogens is 2. The Balaban J connectivity index is 1.99. The topological polar surface area (TPSA) is 73.8 Å². The third-order valence-electron chi connectivity index (χ3n) is 3.85. The van der Waals surface area contributed by atoms with Gasteiger partial charge in [0.15, 0.2) is 5.16 Å². The van der Waals surface area contributed by atoms with Crippen LogP contribution in [0, 0.1) is 19.7 Å². The molecular formula is C18H16BrFN4OS. The Morgan fingerprint density at radius 3 is 2.69 bits per heavy atom. The minimum absolute atomic E-state index is 0.209. The standard InChI is InChI=1S/C18H16BrFN4OS/c1-10-3-6-15(11(2)7-10)24-9-22-23-18(24)26-16(17(21)25)13-5-4-12(19)8-14(13)20/h3-9,16H,1-2H3,(H2,21,25)/t16-/m0/s1. The monoisotopic (exact) mass is 434 g/mol. The molecule has 8 heteroatoms. The van der Waals surface area contributed by atoms with Crippen LogP contribution < -0.4 is 5.73 Å². The lowest BCUT2D eigenvalue weighted by Gasteiger charge is -2.15. The van der Waals surface area contributed by atoms with Gasteiger partial charge in [0.25, 0.3) is 0 Å². The number of thioether (sulfide) groups is 1. The Kier molecular flexibility index (Phi) is 5.43. The number of carbonyl (C=O) groups excluding carboxylic acids is 1. The van der Waals surface area contributed by atoms with Crippen molar-refractivity contribution in [2.45, 2.75) is 24.3 Å². The van der Waals surface area contributed by atoms with Gasteiger partial charge in [0.1, 0.15) is 17.4 Å². The SMILES string of the molecule is Cc1ccc(-n2cnnc2S[C@H](C(N)=O)c2ccc(Br)cc2F)c(C)c1. The number of primary amides is 1. The first-order chi connectivity index (χ1) is 12.4. The summed E-state index contributed by atoms with van der Waals surface area (Å²) in [6.45, 7) is 3.99. The van der Waals surface area contributed by atoms with Crippen molar-refractivity contribution in [2.75, 3.05) is 0 Å². The average Bonchev–Trinajstić information content (AvgIpc) is 3.01. The van der Waals surface area contributed by atoms with Crippen molar-refractivity contribution in [3.05, 3.63) is 69.7 Å². The summed E-state index contributed by atoms with van der Waals surface area (Å²) in [6, 6.07) is 10.5. The average molecular weight is 435 g/mol. The van der Waals surface area contributed by atoms with Crippen LogP contribution in [0.3, 0.4) is 0 Å². The maximum atomic E-state index is 14.3. The van der Waals surface area contributed by atoms with Gasteiger partial charge in [0.2, 0.25) is 5.91 Å². The van der Waals surface area contributed by atoms with Gasteiger partial charge in [-0.3, -0.25) is 9.36 Å². The summed E-state index contributed by atoms with van der Waals surface area (Å²) in [5.41, 5.74) is 8.81. The molecule has 0 aliphatic heterocycles. The van der Waals surface area contributed by atoms with Gasteiger partial charge in [-0.1, -0.05) is 51.5 Å². The van der Waals surface area contributed by atoms with E-state index in [-0.39, 0.29) is 5.56 Å². The third-order valence-corrected chi connectivity index (χ3v) is 5.56. The number of hydrogen-bond acceptors (Lipinski definition) is 4. The molecule has 0 bridgehead atoms. The molecule has 0 saturated heterocycles. The van der Waals surface area contributed by atoms with Gasteiger partial charge in [-0.15, -0.1) is 10.2 Å². The van der Waals surface area contributed by atoms with Crippen LogP contribution in [0.4, 0.5) is 4.39 Å². The van der Waals surface area contributed by atoms with Gasteiger partial charge in [-0.2, -0.15) is 0 Å². The first-order valence-electron chi connectivity index (χ1n) is 7.75. The Labute approximate surface area is 162 Å². The molecule has 0 fully saturated rings. The highest BCUT2D eigenvalue weighted by Crippen LogP contribution is 2.37. The maximum absolute atomic E-state index is 14.3. The fourth-order valence-corrected chi connectivity index (χ4v) is 3.97. The number of rotatable bonds is 5. The molecular weight excluding hydrogens is 419 g/mol. The molecule has 2 N–H and O–H groups in total. The van der Waals surface area contributed by atoms with E-state index >= 15 is 0 Å². The van der Waals surface area contributed by atoms with Crippen molar-refractivity contribution >= 4 is 33.6 Å². The Bertz CT molecular complexity index is 976. The summed E-state index contributed by atoms with van der Waals surface area (Å²) < 4.78 is 16.7. The molecule has 0 unspecified atom stereocenters. The van der Waals surface area contributed by atoms with Gasteiger partial charge in [-0.05, 0) is 37.6 Å². The van der Waals surface area contributed by atoms with Crippen molar-refractivity contribution in [3.63, 3.8) is 0 Å². The Morgan fingerprint density at radius 2 is 2.04 bits per heavy atom. The van der Waals surface area contributed by atoms with Crippen LogP contribution in [-0.4, -0.2) is 20.7 Å². The van der Waals surface area contributed by atoms with Crippen molar-refractivity contribution in [1.29, 1.82) is 0 Å². The highest BCUT2D eigenvalue weighted by atomic mass is 79.9. The van der Waals surface area contributed by atoms with E-state index in [1.165, 1.54) is 6.07 Å². The largest absolute Gasteiger partial charge is 0.368 e. The zero-order valence-electron chi connectivity index (χ0n) is 14.1. The molecule has 26 heavy (non-hydrogen) atoms. The van der Waals surface area contributed by atoms with E-state index in [4.69, 9.17) is 5.73 Å². The second kappa shape index (κ2) is 7.59. The lowest BCUT2D eigenvalue weighted by molar-refractivity contribution is -0.117. The van der Waals surface area contributed by atoms with E-state index in [0.717, 1.165) is 28.6 Å². The predicted molar refractivity (Wildman–Crippen MR) is 103 cm³/mol. The summed E-state index contributed by atoms with van der Waals surface area (Å²) in [7, 11) is 0. The molecule has 0 spiro atoms. The number of hydrogen-bond donors (Lipinski definition) is 1. The molecule has 134 valence electrons. The second-order valence-corrected chi connectivity index (χ2v) is 7.83. The van der Waals surface area contributed by atoms with Crippen LogP contribution in [0.2, 0.25) is 0 Å². The molecule has 1 amide bonds. The van der Waals surface area contributed by atoms with E-state index in [0.29, 0.717) is 9.63 Å². The van der Waals surface area contributed by atoms with Crippen LogP contribution in [0.25, 0.3) is 5.69 Å². The van der Waals surface area contributed by atoms with Gasteiger partial charge < -0.3 is 5.73 Å². The maximum Gasteiger partial charge on any atom is 0.235 e. The molecule has 0 radical (unpaired) electrons. The predicted octanol–water partition coefficient (Wildman–Crippen LogP) is 4.10. The number of nitrogens with zero attached hydrogens (tertiary/aromatic N) is 3. The van der Waals surface area contributed by atoms with E-state index in [9.17, 15) is 9.18 Å². The van der Waals surface area contributed by atoms with Crippen molar-refractivity contribution in [2.24, 2.45) is 5.73 Å². The quantitative estimate of drug-likeness (QED) is 0.613. The molecule has 3 aromatic rings. The van der Waals surface area contributed by atoms with Crippen LogP contribution >= 0.6 is 27.7 Å². The number of amides is 1. The fraction of sp³-hybridized carbons (Fsp3) is 0.167. The van der Waals surface area contributed by atoms with Crippen molar-refractivity contribution in [3.8, 4) is 5.69 Å². The Morgan fingerprint density at radius 1 is 1.27 bits per heavy atom. The molecule has 0 saturated carbocycles. The number of aryl methyl sites for hydroxylation is 2. The van der Waals surface area contributed by atoms with Gasteiger partial charge in [0, 0.05) is 10.0 Å². The fourth-order valence-electron chi connectivity index (χ4n) is 2.64. The summed E-state index contributed by atoms with van der Waals surface area (Å²) in [4.78, 5) is 12.0. The summed E-state index contributed by atoms with van der Waals surface area (Å²) >= 11 is 4.28. The lowest BCUT2D eigenvalue weighted by atomic mass is 10.1. The summed E-state index contributed by atoms with van der Waals surface area (Å²) in [5, 5.41) is 7.57. The van der Waals surface area contributed by atoms with Crippen LogP contribution in [-0.2, 0) is 4.79 Å². The summed E-state index contributed by atoms with van der Waals surface area (Å²) in [6.07, 6.45) is 1.57. The molecule has 1 heterocycles. The smallest absolute Gasteiger partial charge is 0.235 e. The highest BCUT2D eigenvalue weighted by molar-refractivity contribution is 9.10. The van der Waals surface area contributed by atoms with Gasteiger partial charge in [-0.25, -0.2) is 4.39 Å². The highest BCUT2D eigenvalue weighted by Gasteiger charge is 2.25. The molecule has 2 aromatic carbocycles. The first kappa shape index (κ1) is 18.6. The minimum Gasteiger partial charge on any atom is -0.368 e. The van der Waals surface area contributed by atoms with E-state index in [2.05, 4.69) is 26.1 Å². The van der Waals surface area contributed by atoms with E-state index in [1.54, 1.807) is 23.0 Å². The molecule has 5 nitrogen and oxygen atoms in total.